The molecule has 0 atom stereocenters. The van der Waals surface area contributed by atoms with Gasteiger partial charge in [0, 0.05) is 23.7 Å². The van der Waals surface area contributed by atoms with Gasteiger partial charge < -0.3 is 0 Å². The molecule has 23 heavy (non-hydrogen) atoms. The van der Waals surface area contributed by atoms with Gasteiger partial charge in [-0.2, -0.15) is 0 Å². The molecule has 0 aromatic carbocycles. The fraction of sp³-hybridized carbons (Fsp3) is 0.750. The number of pyridine rings is 1. The van der Waals surface area contributed by atoms with Crippen molar-refractivity contribution in [2.75, 3.05) is 0 Å². The van der Waals surface area contributed by atoms with Crippen molar-refractivity contribution in [3.63, 3.8) is 0 Å². The molecule has 0 fully saturated rings. The largest absolute Gasteiger partial charge is 0.257 e. The molecular weight excluding hydrogens is 316 g/mol. The highest BCUT2D eigenvalue weighted by atomic mass is 31.1. The SMILES string of the molecule is Cc1cc(CP(C(C)C)C(C)C)nc(CP(C(C)C)C(C)C)c1. The summed E-state index contributed by atoms with van der Waals surface area (Å²) in [6, 6.07) is 4.63. The molecule has 0 aliphatic carbocycles. The zero-order valence-corrected chi connectivity index (χ0v) is 18.5. The van der Waals surface area contributed by atoms with Gasteiger partial charge in [-0.15, -0.1) is 0 Å². The highest BCUT2D eigenvalue weighted by Gasteiger charge is 2.20. The van der Waals surface area contributed by atoms with Crippen LogP contribution in [0.15, 0.2) is 12.1 Å². The van der Waals surface area contributed by atoms with E-state index in [1.54, 1.807) is 0 Å². The molecule has 1 nitrogen and oxygen atoms in total. The lowest BCUT2D eigenvalue weighted by atomic mass is 10.2. The molecule has 1 aromatic heterocycles. The maximum atomic E-state index is 5.08. The fourth-order valence-corrected chi connectivity index (χ4v) is 8.19. The monoisotopic (exact) mass is 353 g/mol. The van der Waals surface area contributed by atoms with Gasteiger partial charge in [-0.05, 0) is 47.3 Å². The van der Waals surface area contributed by atoms with Crippen LogP contribution in [0.3, 0.4) is 0 Å². The van der Waals surface area contributed by atoms with E-state index in [1.807, 2.05) is 0 Å². The minimum atomic E-state index is 0.0179. The average Bonchev–Trinajstić information content (AvgIpc) is 2.40. The maximum Gasteiger partial charge on any atom is 0.0452 e. The Balaban J connectivity index is 2.99. The maximum absolute atomic E-state index is 5.08. The van der Waals surface area contributed by atoms with E-state index in [1.165, 1.54) is 29.3 Å². The number of hydrogen-bond donors (Lipinski definition) is 0. The molecule has 0 N–H and O–H groups in total. The fourth-order valence-electron chi connectivity index (χ4n) is 3.28. The van der Waals surface area contributed by atoms with Crippen LogP contribution in [-0.2, 0) is 12.3 Å². The average molecular weight is 353 g/mol. The van der Waals surface area contributed by atoms with Gasteiger partial charge in [0.05, 0.1) is 0 Å². The van der Waals surface area contributed by atoms with Crippen LogP contribution >= 0.6 is 15.8 Å². The molecule has 0 bridgehead atoms. The van der Waals surface area contributed by atoms with E-state index < -0.39 is 0 Å². The Kier molecular flexibility index (Phi) is 8.68. The molecule has 1 aromatic rings. The van der Waals surface area contributed by atoms with E-state index in [2.05, 4.69) is 74.4 Å². The van der Waals surface area contributed by atoms with E-state index >= 15 is 0 Å². The molecule has 1 rings (SSSR count). The standard InChI is InChI=1S/C20H37NP2/c1-14(2)22(15(3)4)12-19-10-18(9)11-20(21-19)13-23(16(5)6)17(7)8/h10-11,14-17H,12-13H2,1-9H3. The molecule has 1 heterocycles. The topological polar surface area (TPSA) is 12.9 Å². The van der Waals surface area contributed by atoms with E-state index in [9.17, 15) is 0 Å². The first-order valence-corrected chi connectivity index (χ1v) is 12.4. The third kappa shape index (κ3) is 6.80. The first-order valence-electron chi connectivity index (χ1n) is 9.09. The third-order valence-corrected chi connectivity index (χ3v) is 11.1. The first-order chi connectivity index (χ1) is 10.6. The number of rotatable bonds is 8. The Hall–Kier alpha value is 0.01000. The molecule has 0 aliphatic heterocycles. The molecule has 132 valence electrons. The third-order valence-electron chi connectivity index (χ3n) is 4.42. The molecule has 0 saturated carbocycles. The van der Waals surface area contributed by atoms with Crippen LogP contribution in [0.2, 0.25) is 0 Å². The number of aryl methyl sites for hydroxylation is 1. The van der Waals surface area contributed by atoms with Crippen LogP contribution < -0.4 is 0 Å². The van der Waals surface area contributed by atoms with Crippen molar-refractivity contribution in [2.24, 2.45) is 0 Å². The Bertz CT molecular complexity index is 424. The summed E-state index contributed by atoms with van der Waals surface area (Å²) in [5.41, 5.74) is 7.15. The van der Waals surface area contributed by atoms with Crippen LogP contribution in [0.4, 0.5) is 0 Å². The van der Waals surface area contributed by atoms with Gasteiger partial charge >= 0.3 is 0 Å². The van der Waals surface area contributed by atoms with E-state index in [0.29, 0.717) is 0 Å². The molecule has 0 unspecified atom stereocenters. The Labute approximate surface area is 147 Å². The lowest BCUT2D eigenvalue weighted by molar-refractivity contribution is 0.964. The van der Waals surface area contributed by atoms with Crippen LogP contribution in [0.5, 0.6) is 0 Å². The summed E-state index contributed by atoms with van der Waals surface area (Å²) in [6.45, 7) is 21.2. The lowest BCUT2D eigenvalue weighted by Crippen LogP contribution is -2.09. The minimum Gasteiger partial charge on any atom is -0.257 e. The Morgan fingerprint density at radius 3 is 1.26 bits per heavy atom. The summed E-state index contributed by atoms with van der Waals surface area (Å²) in [7, 11) is 0.0357. The summed E-state index contributed by atoms with van der Waals surface area (Å²) in [4.78, 5) is 5.08. The van der Waals surface area contributed by atoms with Crippen LogP contribution in [0.25, 0.3) is 0 Å². The molecule has 0 saturated heterocycles. The number of aromatic nitrogens is 1. The smallest absolute Gasteiger partial charge is 0.0452 e. The van der Waals surface area contributed by atoms with Crippen molar-refractivity contribution in [3.05, 3.63) is 29.1 Å². The van der Waals surface area contributed by atoms with Gasteiger partial charge in [-0.1, -0.05) is 71.2 Å². The van der Waals surface area contributed by atoms with Crippen LogP contribution in [0.1, 0.15) is 72.3 Å². The Morgan fingerprint density at radius 2 is 1.00 bits per heavy atom. The molecule has 0 radical (unpaired) electrons. The quantitative estimate of drug-likeness (QED) is 0.459. The normalized spacial score (nSPS) is 12.7. The molecule has 0 spiro atoms. The van der Waals surface area contributed by atoms with Gasteiger partial charge in [0.2, 0.25) is 0 Å². The zero-order chi connectivity index (χ0) is 17.7. The van der Waals surface area contributed by atoms with E-state index in [4.69, 9.17) is 4.98 Å². The number of hydrogen-bond acceptors (Lipinski definition) is 1. The van der Waals surface area contributed by atoms with Crippen molar-refractivity contribution >= 4 is 15.8 Å². The molecule has 3 heteroatoms. The molecular formula is C20H37NP2. The van der Waals surface area contributed by atoms with Crippen molar-refractivity contribution in [1.82, 2.24) is 4.98 Å². The lowest BCUT2D eigenvalue weighted by Gasteiger charge is -2.27. The van der Waals surface area contributed by atoms with Crippen molar-refractivity contribution < 1.29 is 0 Å². The first kappa shape index (κ1) is 21.1. The van der Waals surface area contributed by atoms with Crippen LogP contribution in [0, 0.1) is 6.92 Å². The van der Waals surface area contributed by atoms with Gasteiger partial charge in [0.15, 0.2) is 0 Å². The highest BCUT2D eigenvalue weighted by Crippen LogP contribution is 2.50. The predicted octanol–water partition coefficient (Wildman–Crippen LogP) is 6.99. The zero-order valence-electron chi connectivity index (χ0n) is 16.7. The summed E-state index contributed by atoms with van der Waals surface area (Å²) < 4.78 is 0. The highest BCUT2D eigenvalue weighted by molar-refractivity contribution is 7.58. The predicted molar refractivity (Wildman–Crippen MR) is 111 cm³/mol. The van der Waals surface area contributed by atoms with Crippen LogP contribution in [-0.4, -0.2) is 27.6 Å². The molecule has 0 amide bonds. The van der Waals surface area contributed by atoms with Gasteiger partial charge in [0.25, 0.3) is 0 Å². The Morgan fingerprint density at radius 1 is 0.696 bits per heavy atom. The van der Waals surface area contributed by atoms with Crippen molar-refractivity contribution in [3.8, 4) is 0 Å². The summed E-state index contributed by atoms with van der Waals surface area (Å²) >= 11 is 0. The molecule has 0 aliphatic rings. The van der Waals surface area contributed by atoms with E-state index in [0.717, 1.165) is 22.6 Å². The minimum absolute atomic E-state index is 0.0179. The van der Waals surface area contributed by atoms with Gasteiger partial charge in [-0.3, -0.25) is 4.98 Å². The van der Waals surface area contributed by atoms with E-state index in [-0.39, 0.29) is 15.8 Å². The van der Waals surface area contributed by atoms with Crippen molar-refractivity contribution in [1.29, 1.82) is 0 Å². The second-order valence-corrected chi connectivity index (χ2v) is 14.7. The summed E-state index contributed by atoms with van der Waals surface area (Å²) in [6.07, 6.45) is 2.36. The van der Waals surface area contributed by atoms with Gasteiger partial charge in [0.1, 0.15) is 0 Å². The second-order valence-electron chi connectivity index (χ2n) is 7.85. The van der Waals surface area contributed by atoms with Gasteiger partial charge in [-0.25, -0.2) is 0 Å². The summed E-state index contributed by atoms with van der Waals surface area (Å²) in [5, 5.41) is 0. The van der Waals surface area contributed by atoms with Crippen molar-refractivity contribution in [2.45, 2.75) is 97.3 Å². The second kappa shape index (κ2) is 9.48. The summed E-state index contributed by atoms with van der Waals surface area (Å²) in [5.74, 6) is 0. The number of nitrogens with zero attached hydrogens (tertiary/aromatic N) is 1.